The van der Waals surface area contributed by atoms with E-state index in [4.69, 9.17) is 32.9 Å². The Morgan fingerprint density at radius 1 is 0.975 bits per heavy atom. The van der Waals surface area contributed by atoms with Crippen LogP contribution in [0.25, 0.3) is 11.5 Å². The number of carbonyl (C=O) groups excluding carboxylic acids is 1. The van der Waals surface area contributed by atoms with E-state index in [2.05, 4.69) is 14.5 Å². The molecule has 0 bridgehead atoms. The van der Waals surface area contributed by atoms with E-state index in [1.807, 2.05) is 18.3 Å². The van der Waals surface area contributed by atoms with Gasteiger partial charge in [-0.2, -0.15) is 0 Å². The van der Waals surface area contributed by atoms with E-state index in [1.54, 1.807) is 36.5 Å². The predicted octanol–water partition coefficient (Wildman–Crippen LogP) is 6.84. The molecule has 4 aromatic rings. The molecular weight excluding hydrogens is 550 g/mol. The third-order valence-electron chi connectivity index (χ3n) is 7.51. The van der Waals surface area contributed by atoms with Crippen molar-refractivity contribution in [2.45, 2.75) is 38.1 Å². The van der Waals surface area contributed by atoms with Gasteiger partial charge in [-0.25, -0.2) is 14.2 Å². The summed E-state index contributed by atoms with van der Waals surface area (Å²) in [6.07, 6.45) is 7.12. The number of hydrogen-bond acceptors (Lipinski definition) is 5. The molecule has 40 heavy (non-hydrogen) atoms. The third kappa shape index (κ3) is 6.89. The van der Waals surface area contributed by atoms with Gasteiger partial charge in [-0.1, -0.05) is 35.3 Å². The molecule has 2 aromatic heterocycles. The molecule has 0 aliphatic carbocycles. The summed E-state index contributed by atoms with van der Waals surface area (Å²) in [5, 5.41) is 1.36. The summed E-state index contributed by atoms with van der Waals surface area (Å²) in [6.45, 7) is 3.54. The number of rotatable bonds is 9. The molecule has 2 aromatic carbocycles. The fraction of sp³-hybridized carbons (Fsp3) is 0.323. The summed E-state index contributed by atoms with van der Waals surface area (Å²) in [4.78, 5) is 23.8. The number of nitrogens with zero attached hydrogens (tertiary/aromatic N) is 4. The highest BCUT2D eigenvalue weighted by molar-refractivity contribution is 6.34. The van der Waals surface area contributed by atoms with Crippen LogP contribution in [0.2, 0.25) is 10.0 Å². The van der Waals surface area contributed by atoms with E-state index in [9.17, 15) is 9.18 Å². The number of aryl methyl sites for hydroxylation is 1. The fourth-order valence-corrected chi connectivity index (χ4v) is 5.87. The normalized spacial score (nSPS) is 14.4. The summed E-state index contributed by atoms with van der Waals surface area (Å²) >= 11 is 12.5. The molecule has 5 rings (SSSR count). The maximum Gasteiger partial charge on any atom is 0.337 e. The van der Waals surface area contributed by atoms with Crippen LogP contribution in [0.5, 0.6) is 0 Å². The van der Waals surface area contributed by atoms with E-state index in [0.29, 0.717) is 46.0 Å². The zero-order chi connectivity index (χ0) is 28.1. The number of ether oxygens (including phenoxy) is 1. The Bertz CT molecular complexity index is 1450. The minimum atomic E-state index is -0.420. The van der Waals surface area contributed by atoms with Crippen molar-refractivity contribution in [2.24, 2.45) is 0 Å². The zero-order valence-corrected chi connectivity index (χ0v) is 23.8. The molecule has 1 aliphatic heterocycles. The van der Waals surface area contributed by atoms with Crippen LogP contribution in [0.15, 0.2) is 67.0 Å². The van der Waals surface area contributed by atoms with E-state index in [-0.39, 0.29) is 5.82 Å². The van der Waals surface area contributed by atoms with Gasteiger partial charge in [-0.05, 0) is 91.9 Å². The van der Waals surface area contributed by atoms with E-state index >= 15 is 0 Å². The second-order valence-electron chi connectivity index (χ2n) is 10.1. The van der Waals surface area contributed by atoms with Crippen molar-refractivity contribution in [1.82, 2.24) is 19.4 Å². The molecule has 3 heterocycles. The number of piperidine rings is 1. The molecule has 9 heteroatoms. The number of methoxy groups -OCH3 is 1. The van der Waals surface area contributed by atoms with Crippen LogP contribution in [-0.4, -0.2) is 52.1 Å². The lowest BCUT2D eigenvalue weighted by atomic mass is 9.89. The average molecular weight is 582 g/mol. The average Bonchev–Trinajstić information content (AvgIpc) is 3.38. The molecule has 0 atom stereocenters. The summed E-state index contributed by atoms with van der Waals surface area (Å²) in [5.74, 6) is 0.475. The Morgan fingerprint density at radius 3 is 2.40 bits per heavy atom. The van der Waals surface area contributed by atoms with Crippen molar-refractivity contribution in [1.29, 1.82) is 0 Å². The van der Waals surface area contributed by atoms with Crippen molar-refractivity contribution >= 4 is 29.2 Å². The van der Waals surface area contributed by atoms with E-state index < -0.39 is 5.97 Å². The van der Waals surface area contributed by atoms with Crippen LogP contribution in [0.3, 0.4) is 0 Å². The van der Waals surface area contributed by atoms with Crippen LogP contribution < -0.4 is 0 Å². The Kier molecular flexibility index (Phi) is 9.15. The van der Waals surface area contributed by atoms with E-state index in [1.165, 1.54) is 24.8 Å². The summed E-state index contributed by atoms with van der Waals surface area (Å²) in [6, 6.07) is 15.7. The zero-order valence-electron chi connectivity index (χ0n) is 22.3. The number of esters is 1. The molecular formula is C31H31Cl2FN4O2. The molecule has 1 saturated heterocycles. The maximum absolute atomic E-state index is 13.4. The number of hydrogen-bond donors (Lipinski definition) is 0. The lowest BCUT2D eigenvalue weighted by Crippen LogP contribution is -2.34. The first-order valence-corrected chi connectivity index (χ1v) is 14.2. The summed E-state index contributed by atoms with van der Waals surface area (Å²) < 4.78 is 20.5. The molecule has 1 fully saturated rings. The van der Waals surface area contributed by atoms with Crippen molar-refractivity contribution in [2.75, 3.05) is 26.7 Å². The van der Waals surface area contributed by atoms with Crippen LogP contribution in [0, 0.1) is 5.82 Å². The monoisotopic (exact) mass is 580 g/mol. The number of imidazole rings is 1. The van der Waals surface area contributed by atoms with E-state index in [0.717, 1.165) is 50.2 Å². The number of aromatic nitrogens is 3. The first kappa shape index (κ1) is 28.3. The molecule has 0 spiro atoms. The van der Waals surface area contributed by atoms with Crippen molar-refractivity contribution < 1.29 is 13.9 Å². The van der Waals surface area contributed by atoms with Gasteiger partial charge in [0.05, 0.1) is 12.7 Å². The Hall–Kier alpha value is -3.26. The Labute approximate surface area is 243 Å². The molecule has 208 valence electrons. The molecule has 0 amide bonds. The molecule has 6 nitrogen and oxygen atoms in total. The lowest BCUT2D eigenvalue weighted by Gasteiger charge is -2.32. The van der Waals surface area contributed by atoms with Gasteiger partial charge >= 0.3 is 5.97 Å². The first-order chi connectivity index (χ1) is 19.4. The van der Waals surface area contributed by atoms with Gasteiger partial charge in [0.1, 0.15) is 11.5 Å². The molecule has 0 unspecified atom stereocenters. The lowest BCUT2D eigenvalue weighted by molar-refractivity contribution is 0.0600. The van der Waals surface area contributed by atoms with Gasteiger partial charge in [-0.3, -0.25) is 4.98 Å². The molecule has 0 saturated carbocycles. The number of carbonyl (C=O) groups is 1. The number of benzene rings is 2. The molecule has 1 aliphatic rings. The topological polar surface area (TPSA) is 60.2 Å². The van der Waals surface area contributed by atoms with Crippen LogP contribution in [0.1, 0.15) is 45.9 Å². The minimum absolute atomic E-state index is 0.251. The number of likely N-dealkylation sites (tertiary alicyclic amines) is 1. The van der Waals surface area contributed by atoms with Gasteiger partial charge in [0.25, 0.3) is 0 Å². The second-order valence-corrected chi connectivity index (χ2v) is 11.0. The van der Waals surface area contributed by atoms with Crippen LogP contribution >= 0.6 is 23.2 Å². The Balaban J connectivity index is 1.30. The third-order valence-corrected chi connectivity index (χ3v) is 7.95. The standard InChI is InChI=1S/C31H31Cl2FN4O2/c1-40-31(39)23-6-11-35-29(18-23)30-36-20-28(38(30)15-7-21-2-4-27(34)5-3-21)10-14-37-12-8-22(9-13-37)24-16-25(32)19-26(33)17-24/h2-6,11,16-20,22H,7-10,12-15H2,1H3. The van der Waals surface area contributed by atoms with Gasteiger partial charge in [0.2, 0.25) is 0 Å². The highest BCUT2D eigenvalue weighted by Crippen LogP contribution is 2.32. The number of halogens is 3. The summed E-state index contributed by atoms with van der Waals surface area (Å²) in [5.41, 5.74) is 4.36. The Morgan fingerprint density at radius 2 is 1.70 bits per heavy atom. The van der Waals surface area contributed by atoms with Gasteiger partial charge in [0, 0.05) is 47.6 Å². The highest BCUT2D eigenvalue weighted by atomic mass is 35.5. The smallest absolute Gasteiger partial charge is 0.337 e. The van der Waals surface area contributed by atoms with Crippen LogP contribution in [0.4, 0.5) is 4.39 Å². The van der Waals surface area contributed by atoms with Crippen LogP contribution in [-0.2, 0) is 24.1 Å². The van der Waals surface area contributed by atoms with Gasteiger partial charge in [-0.15, -0.1) is 0 Å². The largest absolute Gasteiger partial charge is 0.465 e. The van der Waals surface area contributed by atoms with Gasteiger partial charge in [0.15, 0.2) is 5.82 Å². The SMILES string of the molecule is COC(=O)c1ccnc(-c2ncc(CCN3CCC(c4cc(Cl)cc(Cl)c4)CC3)n2CCc2ccc(F)cc2)c1. The molecule has 0 N–H and O–H groups in total. The maximum atomic E-state index is 13.4. The second kappa shape index (κ2) is 12.9. The van der Waals surface area contributed by atoms with Crippen molar-refractivity contribution in [3.63, 3.8) is 0 Å². The quantitative estimate of drug-likeness (QED) is 0.203. The highest BCUT2D eigenvalue weighted by Gasteiger charge is 2.22. The number of pyridine rings is 1. The first-order valence-electron chi connectivity index (χ1n) is 13.4. The molecule has 0 radical (unpaired) electrons. The predicted molar refractivity (Wildman–Crippen MR) is 155 cm³/mol. The minimum Gasteiger partial charge on any atom is -0.465 e. The summed E-state index contributed by atoms with van der Waals surface area (Å²) in [7, 11) is 1.36. The van der Waals surface area contributed by atoms with Crippen molar-refractivity contribution in [3.05, 3.63) is 105 Å². The van der Waals surface area contributed by atoms with Crippen molar-refractivity contribution in [3.8, 4) is 11.5 Å². The van der Waals surface area contributed by atoms with Gasteiger partial charge < -0.3 is 14.2 Å². The fourth-order valence-electron chi connectivity index (χ4n) is 5.33.